The molecule has 24 heavy (non-hydrogen) atoms. The van der Waals surface area contributed by atoms with Crippen molar-refractivity contribution in [2.24, 2.45) is 0 Å². The molecule has 1 aromatic heterocycles. The molecule has 124 valence electrons. The molecule has 0 bridgehead atoms. The van der Waals surface area contributed by atoms with Crippen molar-refractivity contribution in [3.05, 3.63) is 71.0 Å². The standard InChI is InChI=1S/C17H14FNO3S2/c1-12-10-23-17(19-12)13-6-8-15(9-7-13)22-24(20,21)11-14-4-2-3-5-16(14)18/h2-10H,11H2,1H3. The maximum Gasteiger partial charge on any atom is 0.313 e. The molecule has 0 aliphatic rings. The number of halogens is 1. The molecule has 3 aromatic rings. The van der Waals surface area contributed by atoms with Gasteiger partial charge in [0.05, 0.1) is 0 Å². The van der Waals surface area contributed by atoms with E-state index in [9.17, 15) is 12.8 Å². The summed E-state index contributed by atoms with van der Waals surface area (Å²) in [5, 5.41) is 2.80. The molecule has 7 heteroatoms. The van der Waals surface area contributed by atoms with Crippen molar-refractivity contribution in [1.82, 2.24) is 4.98 Å². The lowest BCUT2D eigenvalue weighted by Crippen LogP contribution is -2.13. The SMILES string of the molecule is Cc1csc(-c2ccc(OS(=O)(=O)Cc3ccccc3F)cc2)n1. The highest BCUT2D eigenvalue weighted by molar-refractivity contribution is 7.86. The highest BCUT2D eigenvalue weighted by Crippen LogP contribution is 2.26. The third-order valence-corrected chi connectivity index (χ3v) is 5.35. The summed E-state index contributed by atoms with van der Waals surface area (Å²) in [6, 6.07) is 12.3. The largest absolute Gasteiger partial charge is 0.382 e. The van der Waals surface area contributed by atoms with Crippen molar-refractivity contribution in [2.75, 3.05) is 0 Å². The molecule has 0 saturated carbocycles. The van der Waals surface area contributed by atoms with E-state index in [1.54, 1.807) is 30.3 Å². The minimum Gasteiger partial charge on any atom is -0.382 e. The van der Waals surface area contributed by atoms with E-state index in [2.05, 4.69) is 4.98 Å². The van der Waals surface area contributed by atoms with Crippen molar-refractivity contribution in [3.63, 3.8) is 0 Å². The first kappa shape index (κ1) is 16.6. The van der Waals surface area contributed by atoms with Crippen LogP contribution in [0, 0.1) is 12.7 Å². The summed E-state index contributed by atoms with van der Waals surface area (Å²) in [5.41, 5.74) is 1.89. The molecule has 0 fully saturated rings. The summed E-state index contributed by atoms with van der Waals surface area (Å²) in [5.74, 6) is -0.907. The highest BCUT2D eigenvalue weighted by Gasteiger charge is 2.16. The van der Waals surface area contributed by atoms with Crippen LogP contribution in [-0.2, 0) is 15.9 Å². The Morgan fingerprint density at radius 2 is 1.83 bits per heavy atom. The van der Waals surface area contributed by atoms with Gasteiger partial charge in [0.2, 0.25) is 0 Å². The van der Waals surface area contributed by atoms with E-state index >= 15 is 0 Å². The number of hydrogen-bond donors (Lipinski definition) is 0. The molecular weight excluding hydrogens is 349 g/mol. The molecule has 0 unspecified atom stereocenters. The third-order valence-electron chi connectivity index (χ3n) is 3.23. The van der Waals surface area contributed by atoms with Crippen molar-refractivity contribution in [2.45, 2.75) is 12.7 Å². The Morgan fingerprint density at radius 3 is 2.46 bits per heavy atom. The number of rotatable bonds is 5. The first-order valence-electron chi connectivity index (χ1n) is 7.11. The zero-order chi connectivity index (χ0) is 17.2. The van der Waals surface area contributed by atoms with Crippen molar-refractivity contribution in [1.29, 1.82) is 0 Å². The smallest absolute Gasteiger partial charge is 0.313 e. The van der Waals surface area contributed by atoms with Crippen LogP contribution < -0.4 is 4.18 Å². The fraction of sp³-hybridized carbons (Fsp3) is 0.118. The lowest BCUT2D eigenvalue weighted by atomic mass is 10.2. The van der Waals surface area contributed by atoms with Gasteiger partial charge in [-0.1, -0.05) is 18.2 Å². The van der Waals surface area contributed by atoms with E-state index in [4.69, 9.17) is 4.18 Å². The zero-order valence-electron chi connectivity index (χ0n) is 12.8. The first-order valence-corrected chi connectivity index (χ1v) is 9.57. The lowest BCUT2D eigenvalue weighted by Gasteiger charge is -2.08. The van der Waals surface area contributed by atoms with Crippen LogP contribution in [-0.4, -0.2) is 13.4 Å². The van der Waals surface area contributed by atoms with Gasteiger partial charge in [-0.3, -0.25) is 0 Å². The van der Waals surface area contributed by atoms with Gasteiger partial charge in [0.25, 0.3) is 0 Å². The van der Waals surface area contributed by atoms with Crippen molar-refractivity contribution < 1.29 is 17.0 Å². The second kappa shape index (κ2) is 6.70. The number of benzene rings is 2. The predicted molar refractivity (Wildman–Crippen MR) is 91.9 cm³/mol. The van der Waals surface area contributed by atoms with E-state index < -0.39 is 21.7 Å². The molecule has 0 spiro atoms. The molecular formula is C17H14FNO3S2. The summed E-state index contributed by atoms with van der Waals surface area (Å²) in [6.45, 7) is 1.91. The molecule has 1 heterocycles. The summed E-state index contributed by atoms with van der Waals surface area (Å²) in [4.78, 5) is 4.37. The Balaban J connectivity index is 1.74. The predicted octanol–water partition coefficient (Wildman–Crippen LogP) is 4.17. The molecule has 0 aliphatic heterocycles. The van der Waals surface area contributed by atoms with Gasteiger partial charge in [-0.05, 0) is 37.3 Å². The Morgan fingerprint density at radius 1 is 1.12 bits per heavy atom. The van der Waals surface area contributed by atoms with Crippen LogP contribution in [0.1, 0.15) is 11.3 Å². The van der Waals surface area contributed by atoms with Crippen LogP contribution in [0.25, 0.3) is 10.6 Å². The number of aryl methyl sites for hydroxylation is 1. The van der Waals surface area contributed by atoms with E-state index in [1.165, 1.54) is 29.5 Å². The van der Waals surface area contributed by atoms with E-state index in [1.807, 2.05) is 12.3 Å². The number of thiazole rings is 1. The normalized spacial score (nSPS) is 11.4. The number of nitrogens with zero attached hydrogens (tertiary/aromatic N) is 1. The van der Waals surface area contributed by atoms with Crippen LogP contribution in [0.2, 0.25) is 0 Å². The molecule has 4 nitrogen and oxygen atoms in total. The molecule has 2 aromatic carbocycles. The molecule has 0 aliphatic carbocycles. The lowest BCUT2D eigenvalue weighted by molar-refractivity contribution is 0.483. The van der Waals surface area contributed by atoms with E-state index in [0.29, 0.717) is 0 Å². The fourth-order valence-electron chi connectivity index (χ4n) is 2.12. The zero-order valence-corrected chi connectivity index (χ0v) is 14.4. The summed E-state index contributed by atoms with van der Waals surface area (Å²) < 4.78 is 42.8. The van der Waals surface area contributed by atoms with Gasteiger partial charge in [0.15, 0.2) is 0 Å². The maximum atomic E-state index is 13.6. The van der Waals surface area contributed by atoms with Crippen molar-refractivity contribution >= 4 is 21.5 Å². The average Bonchev–Trinajstić information content (AvgIpc) is 2.96. The van der Waals surface area contributed by atoms with E-state index in [0.717, 1.165) is 16.3 Å². The first-order chi connectivity index (χ1) is 11.4. The highest BCUT2D eigenvalue weighted by atomic mass is 32.2. The molecule has 0 radical (unpaired) electrons. The van der Waals surface area contributed by atoms with Gasteiger partial charge in [-0.2, -0.15) is 8.42 Å². The molecule has 0 amide bonds. The number of hydrogen-bond acceptors (Lipinski definition) is 5. The van der Waals surface area contributed by atoms with Crippen LogP contribution in [0.15, 0.2) is 53.9 Å². The molecule has 0 saturated heterocycles. The van der Waals surface area contributed by atoms with Gasteiger partial charge in [-0.25, -0.2) is 9.37 Å². The van der Waals surface area contributed by atoms with Crippen LogP contribution >= 0.6 is 11.3 Å². The third kappa shape index (κ3) is 3.98. The monoisotopic (exact) mass is 363 g/mol. The molecule has 0 N–H and O–H groups in total. The van der Waals surface area contributed by atoms with Crippen LogP contribution in [0.4, 0.5) is 4.39 Å². The van der Waals surface area contributed by atoms with Crippen LogP contribution in [0.3, 0.4) is 0 Å². The van der Waals surface area contributed by atoms with E-state index in [-0.39, 0.29) is 11.3 Å². The quantitative estimate of drug-likeness (QED) is 0.639. The summed E-state index contributed by atoms with van der Waals surface area (Å²) >= 11 is 1.51. The average molecular weight is 363 g/mol. The van der Waals surface area contributed by atoms with Gasteiger partial charge in [0, 0.05) is 22.2 Å². The van der Waals surface area contributed by atoms with Crippen LogP contribution in [0.5, 0.6) is 5.75 Å². The fourth-order valence-corrected chi connectivity index (χ4v) is 4.00. The molecule has 0 atom stereocenters. The minimum absolute atomic E-state index is 0.0763. The topological polar surface area (TPSA) is 56.3 Å². The Labute approximate surface area is 143 Å². The van der Waals surface area contributed by atoms with Gasteiger partial charge in [0.1, 0.15) is 22.3 Å². The Hall–Kier alpha value is -2.25. The summed E-state index contributed by atoms with van der Waals surface area (Å²) in [7, 11) is -3.94. The Bertz CT molecular complexity index is 950. The Kier molecular flexibility index (Phi) is 4.64. The summed E-state index contributed by atoms with van der Waals surface area (Å²) in [6.07, 6.45) is 0. The second-order valence-electron chi connectivity index (χ2n) is 5.20. The van der Waals surface area contributed by atoms with Gasteiger partial charge < -0.3 is 4.18 Å². The number of aromatic nitrogens is 1. The second-order valence-corrected chi connectivity index (χ2v) is 7.62. The van der Waals surface area contributed by atoms with Crippen molar-refractivity contribution in [3.8, 4) is 16.3 Å². The minimum atomic E-state index is -3.94. The maximum absolute atomic E-state index is 13.6. The van der Waals surface area contributed by atoms with Gasteiger partial charge >= 0.3 is 10.1 Å². The van der Waals surface area contributed by atoms with Gasteiger partial charge in [-0.15, -0.1) is 11.3 Å². The molecule has 3 rings (SSSR count).